The Morgan fingerprint density at radius 1 is 0.197 bits per heavy atom. The fourth-order valence-electron chi connectivity index (χ4n) is 9.67. The van der Waals surface area contributed by atoms with E-state index in [9.17, 15) is 0 Å². The maximum Gasteiger partial charge on any atom is -0.0102 e. The van der Waals surface area contributed by atoms with Gasteiger partial charge in [0.25, 0.3) is 0 Å². The molecule has 0 heteroatoms. The molecule has 0 amide bonds. The van der Waals surface area contributed by atoms with Crippen LogP contribution in [0.2, 0.25) is 0 Å². The van der Waals surface area contributed by atoms with Gasteiger partial charge in [-0.05, 0) is 168 Å². The van der Waals surface area contributed by atoms with E-state index >= 15 is 0 Å². The van der Waals surface area contributed by atoms with Gasteiger partial charge in [-0.15, -0.1) is 0 Å². The summed E-state index contributed by atoms with van der Waals surface area (Å²) < 4.78 is 0. The first kappa shape index (κ1) is 42.9. The first-order chi connectivity index (χ1) is 31.6. The van der Waals surface area contributed by atoms with E-state index in [4.69, 9.17) is 0 Å². The Morgan fingerprint density at radius 2 is 0.455 bits per heavy atom. The zero-order valence-corrected chi connectivity index (χ0v) is 40.1. The van der Waals surface area contributed by atoms with Crippen LogP contribution in [0.5, 0.6) is 0 Å². The van der Waals surface area contributed by atoms with Gasteiger partial charge in [0, 0.05) is 0 Å². The zero-order chi connectivity index (χ0) is 46.0. The highest BCUT2D eigenvalue weighted by Gasteiger charge is 2.23. The highest BCUT2D eigenvalue weighted by Crippen LogP contribution is 2.46. The van der Waals surface area contributed by atoms with E-state index in [0.717, 1.165) is 0 Å². The minimum absolute atomic E-state index is 0.0499. The van der Waals surface area contributed by atoms with Crippen molar-refractivity contribution in [2.24, 2.45) is 0 Å². The molecule has 10 rings (SSSR count). The molecule has 0 aliphatic carbocycles. The summed E-state index contributed by atoms with van der Waals surface area (Å²) in [6, 6.07) is 75.9. The number of hydrogen-bond donors (Lipinski definition) is 0. The van der Waals surface area contributed by atoms with Gasteiger partial charge in [-0.2, -0.15) is 0 Å². The molecule has 0 fully saturated rings. The topological polar surface area (TPSA) is 0 Å². The van der Waals surface area contributed by atoms with Gasteiger partial charge >= 0.3 is 0 Å². The highest BCUT2D eigenvalue weighted by molar-refractivity contribution is 5.98. The predicted octanol–water partition coefficient (Wildman–Crippen LogP) is 19.0. The Kier molecular flexibility index (Phi) is 10.7. The molecule has 0 atom stereocenters. The van der Waals surface area contributed by atoms with E-state index in [0.29, 0.717) is 0 Å². The molecule has 0 nitrogen and oxygen atoms in total. The second-order valence-corrected chi connectivity index (χ2v) is 21.5. The van der Waals surface area contributed by atoms with E-state index in [1.165, 1.54) is 116 Å². The summed E-state index contributed by atoms with van der Waals surface area (Å²) in [6.45, 7) is 20.9. The molecule has 0 aromatic heterocycles. The second kappa shape index (κ2) is 16.4. The Bertz CT molecular complexity index is 3080. The lowest BCUT2D eigenvalue weighted by atomic mass is 9.79. The van der Waals surface area contributed by atoms with E-state index in [1.54, 1.807) is 0 Å². The van der Waals surface area contributed by atoms with Crippen LogP contribution in [0.25, 0.3) is 99.1 Å². The standard InChI is InChI=1S/C66H60/c1-64(2,3)55-28-31-58(49-25-22-43-16-10-13-19-46(43)34-49)61(40-55)52-37-53(62-41-56(65(4,5)6)29-32-59(62)50-26-23-44-17-11-14-20-47(44)35-50)39-54(38-52)63-42-57(66(7,8)9)30-33-60(63)51-27-24-45-18-12-15-21-48(45)36-51/h10-42H,1-9H3. The summed E-state index contributed by atoms with van der Waals surface area (Å²) in [6.07, 6.45) is 0. The Hall–Kier alpha value is -7.02. The van der Waals surface area contributed by atoms with Crippen LogP contribution in [0.4, 0.5) is 0 Å². The molecule has 324 valence electrons. The van der Waals surface area contributed by atoms with Gasteiger partial charge in [0.15, 0.2) is 0 Å². The molecule has 0 bridgehead atoms. The molecule has 0 saturated carbocycles. The molecule has 0 aliphatic rings. The average molecular weight is 853 g/mol. The van der Waals surface area contributed by atoms with Crippen LogP contribution in [0.3, 0.4) is 0 Å². The average Bonchev–Trinajstić information content (AvgIpc) is 3.32. The van der Waals surface area contributed by atoms with E-state index < -0.39 is 0 Å². The number of benzene rings is 10. The lowest BCUT2D eigenvalue weighted by molar-refractivity contribution is 0.590. The van der Waals surface area contributed by atoms with Crippen molar-refractivity contribution in [2.75, 3.05) is 0 Å². The van der Waals surface area contributed by atoms with Gasteiger partial charge < -0.3 is 0 Å². The highest BCUT2D eigenvalue weighted by atomic mass is 14.3. The van der Waals surface area contributed by atoms with Crippen molar-refractivity contribution in [3.8, 4) is 66.8 Å². The van der Waals surface area contributed by atoms with Crippen molar-refractivity contribution in [3.05, 3.63) is 217 Å². The number of fused-ring (bicyclic) bond motifs is 3. The molecule has 66 heavy (non-hydrogen) atoms. The summed E-state index contributed by atoms with van der Waals surface area (Å²) in [7, 11) is 0. The molecule has 0 spiro atoms. The molecule has 0 heterocycles. The van der Waals surface area contributed by atoms with Crippen LogP contribution in [0.15, 0.2) is 200 Å². The van der Waals surface area contributed by atoms with Crippen LogP contribution >= 0.6 is 0 Å². The summed E-state index contributed by atoms with van der Waals surface area (Å²) >= 11 is 0. The van der Waals surface area contributed by atoms with Crippen LogP contribution in [0.1, 0.15) is 79.0 Å². The van der Waals surface area contributed by atoms with Gasteiger partial charge in [-0.25, -0.2) is 0 Å². The van der Waals surface area contributed by atoms with Crippen LogP contribution < -0.4 is 0 Å². The lowest BCUT2D eigenvalue weighted by Crippen LogP contribution is -2.11. The Balaban J connectivity index is 1.31. The summed E-state index contributed by atoms with van der Waals surface area (Å²) in [4.78, 5) is 0. The van der Waals surface area contributed by atoms with Crippen molar-refractivity contribution < 1.29 is 0 Å². The predicted molar refractivity (Wildman–Crippen MR) is 288 cm³/mol. The number of hydrogen-bond acceptors (Lipinski definition) is 0. The molecule has 0 radical (unpaired) electrons. The SMILES string of the molecule is CC(C)(C)c1ccc(-c2ccc3ccccc3c2)c(-c2cc(-c3cc(C(C)(C)C)ccc3-c3ccc4ccccc4c3)cc(-c3cc(C(C)(C)C)ccc3-c3ccc4ccccc4c3)c2)c1. The van der Waals surface area contributed by atoms with Gasteiger partial charge in [-0.1, -0.05) is 226 Å². The first-order valence-corrected chi connectivity index (χ1v) is 23.6. The van der Waals surface area contributed by atoms with E-state index in [2.05, 4.69) is 263 Å². The molecule has 0 N–H and O–H groups in total. The molecule has 10 aromatic rings. The normalized spacial score (nSPS) is 12.3. The largest absolute Gasteiger partial charge is 0.0616 e. The smallest absolute Gasteiger partial charge is 0.0102 e. The van der Waals surface area contributed by atoms with Crippen molar-refractivity contribution >= 4 is 32.3 Å². The van der Waals surface area contributed by atoms with Crippen LogP contribution in [-0.4, -0.2) is 0 Å². The van der Waals surface area contributed by atoms with Crippen molar-refractivity contribution in [1.29, 1.82) is 0 Å². The molecule has 0 aliphatic heterocycles. The van der Waals surface area contributed by atoms with Crippen LogP contribution in [-0.2, 0) is 16.2 Å². The first-order valence-electron chi connectivity index (χ1n) is 23.6. The summed E-state index contributed by atoms with van der Waals surface area (Å²) in [5.41, 5.74) is 18.4. The zero-order valence-electron chi connectivity index (χ0n) is 40.1. The van der Waals surface area contributed by atoms with E-state index in [-0.39, 0.29) is 16.2 Å². The fraction of sp³-hybridized carbons (Fsp3) is 0.182. The van der Waals surface area contributed by atoms with Gasteiger partial charge in [0.2, 0.25) is 0 Å². The summed E-state index contributed by atoms with van der Waals surface area (Å²) in [5.74, 6) is 0. The monoisotopic (exact) mass is 852 g/mol. The molecular weight excluding hydrogens is 793 g/mol. The van der Waals surface area contributed by atoms with E-state index in [1.807, 2.05) is 0 Å². The third-order valence-electron chi connectivity index (χ3n) is 13.7. The minimum atomic E-state index is -0.0499. The lowest BCUT2D eigenvalue weighted by Gasteiger charge is -2.25. The number of rotatable bonds is 6. The maximum absolute atomic E-state index is 2.48. The molecule has 0 saturated heterocycles. The van der Waals surface area contributed by atoms with Crippen LogP contribution in [0, 0.1) is 0 Å². The van der Waals surface area contributed by atoms with Gasteiger partial charge in [-0.3, -0.25) is 0 Å². The Labute approximate surface area is 392 Å². The van der Waals surface area contributed by atoms with Gasteiger partial charge in [0.05, 0.1) is 0 Å². The fourth-order valence-corrected chi connectivity index (χ4v) is 9.67. The summed E-state index contributed by atoms with van der Waals surface area (Å²) in [5, 5.41) is 7.48. The molecule has 0 unspecified atom stereocenters. The third-order valence-corrected chi connectivity index (χ3v) is 13.7. The molecule has 10 aromatic carbocycles. The van der Waals surface area contributed by atoms with Crippen molar-refractivity contribution in [3.63, 3.8) is 0 Å². The Morgan fingerprint density at radius 3 is 0.712 bits per heavy atom. The quantitative estimate of drug-likeness (QED) is 0.156. The second-order valence-electron chi connectivity index (χ2n) is 21.5. The van der Waals surface area contributed by atoms with Crippen molar-refractivity contribution in [2.45, 2.75) is 78.6 Å². The van der Waals surface area contributed by atoms with Gasteiger partial charge in [0.1, 0.15) is 0 Å². The third kappa shape index (κ3) is 8.38. The molecular formula is C66H60. The maximum atomic E-state index is 2.48. The van der Waals surface area contributed by atoms with Crippen molar-refractivity contribution in [1.82, 2.24) is 0 Å². The minimum Gasteiger partial charge on any atom is -0.0616 e.